The Morgan fingerprint density at radius 3 is 2.43 bits per heavy atom. The SMILES string of the molecule is COc1ccc(OC)c([C@H]2CCCN2C(=O)COC(=O)c2ccc(OC)c(F)c2)c1. The molecule has 0 aliphatic carbocycles. The van der Waals surface area contributed by atoms with Crippen molar-refractivity contribution in [1.82, 2.24) is 4.90 Å². The van der Waals surface area contributed by atoms with Crippen molar-refractivity contribution < 1.29 is 32.9 Å². The quantitative estimate of drug-likeness (QED) is 0.643. The molecule has 1 heterocycles. The molecule has 3 rings (SSSR count). The highest BCUT2D eigenvalue weighted by molar-refractivity contribution is 5.91. The van der Waals surface area contributed by atoms with Crippen LogP contribution >= 0.6 is 0 Å². The summed E-state index contributed by atoms with van der Waals surface area (Å²) in [7, 11) is 4.48. The molecule has 1 aliphatic rings. The first kappa shape index (κ1) is 21.4. The number of rotatable bonds is 7. The van der Waals surface area contributed by atoms with Crippen molar-refractivity contribution in [2.75, 3.05) is 34.5 Å². The first-order chi connectivity index (χ1) is 14.5. The summed E-state index contributed by atoms with van der Waals surface area (Å²) in [6, 6.07) is 8.97. The third-order valence-corrected chi connectivity index (χ3v) is 5.08. The number of hydrogen-bond acceptors (Lipinski definition) is 6. The fourth-order valence-electron chi connectivity index (χ4n) is 3.58. The van der Waals surface area contributed by atoms with Gasteiger partial charge in [-0.1, -0.05) is 0 Å². The van der Waals surface area contributed by atoms with Crippen LogP contribution in [-0.2, 0) is 9.53 Å². The number of likely N-dealkylation sites (tertiary alicyclic amines) is 1. The molecule has 0 saturated carbocycles. The van der Waals surface area contributed by atoms with Crippen molar-refractivity contribution in [3.63, 3.8) is 0 Å². The van der Waals surface area contributed by atoms with Gasteiger partial charge in [-0.3, -0.25) is 4.79 Å². The molecule has 30 heavy (non-hydrogen) atoms. The minimum atomic E-state index is -0.778. The zero-order chi connectivity index (χ0) is 21.7. The molecule has 0 bridgehead atoms. The number of halogens is 1. The molecule has 1 atom stereocenters. The van der Waals surface area contributed by atoms with Crippen LogP contribution in [0.3, 0.4) is 0 Å². The van der Waals surface area contributed by atoms with Gasteiger partial charge in [-0.15, -0.1) is 0 Å². The van der Waals surface area contributed by atoms with Gasteiger partial charge >= 0.3 is 5.97 Å². The predicted molar refractivity (Wildman–Crippen MR) is 106 cm³/mol. The van der Waals surface area contributed by atoms with E-state index in [-0.39, 0.29) is 23.3 Å². The Hall–Kier alpha value is -3.29. The number of carbonyl (C=O) groups is 2. The number of esters is 1. The molecule has 0 aromatic heterocycles. The Kier molecular flexibility index (Phi) is 6.76. The van der Waals surface area contributed by atoms with Gasteiger partial charge in [0.25, 0.3) is 5.91 Å². The van der Waals surface area contributed by atoms with Crippen LogP contribution in [0.2, 0.25) is 0 Å². The summed E-state index contributed by atoms with van der Waals surface area (Å²) < 4.78 is 34.5. The lowest BCUT2D eigenvalue weighted by atomic mass is 10.0. The second kappa shape index (κ2) is 9.47. The second-order valence-electron chi connectivity index (χ2n) is 6.78. The van der Waals surface area contributed by atoms with Crippen LogP contribution in [0.25, 0.3) is 0 Å². The van der Waals surface area contributed by atoms with E-state index in [1.165, 1.54) is 19.2 Å². The average Bonchev–Trinajstić information content (AvgIpc) is 3.26. The van der Waals surface area contributed by atoms with Crippen LogP contribution in [-0.4, -0.2) is 51.3 Å². The number of ether oxygens (including phenoxy) is 4. The normalized spacial score (nSPS) is 15.6. The van der Waals surface area contributed by atoms with Gasteiger partial charge in [0.15, 0.2) is 18.2 Å². The summed E-state index contributed by atoms with van der Waals surface area (Å²) in [5.74, 6) is -0.439. The van der Waals surface area contributed by atoms with Crippen LogP contribution in [0, 0.1) is 5.82 Å². The first-order valence-corrected chi connectivity index (χ1v) is 9.50. The molecule has 7 nitrogen and oxygen atoms in total. The van der Waals surface area contributed by atoms with Crippen molar-refractivity contribution in [3.8, 4) is 17.2 Å². The number of amides is 1. The van der Waals surface area contributed by atoms with Crippen LogP contribution in [0.4, 0.5) is 4.39 Å². The van der Waals surface area contributed by atoms with Crippen molar-refractivity contribution >= 4 is 11.9 Å². The predicted octanol–water partition coefficient (Wildman–Crippen LogP) is 3.37. The van der Waals surface area contributed by atoms with E-state index in [4.69, 9.17) is 18.9 Å². The third kappa shape index (κ3) is 4.48. The van der Waals surface area contributed by atoms with Crippen molar-refractivity contribution in [1.29, 1.82) is 0 Å². The molecular formula is C22H24FNO6. The third-order valence-electron chi connectivity index (χ3n) is 5.08. The first-order valence-electron chi connectivity index (χ1n) is 9.50. The Bertz CT molecular complexity index is 932. The molecule has 0 radical (unpaired) electrons. The highest BCUT2D eigenvalue weighted by Gasteiger charge is 2.32. The largest absolute Gasteiger partial charge is 0.497 e. The smallest absolute Gasteiger partial charge is 0.338 e. The number of methoxy groups -OCH3 is 3. The molecule has 8 heteroatoms. The molecule has 2 aromatic carbocycles. The van der Waals surface area contributed by atoms with E-state index in [0.717, 1.165) is 24.5 Å². The standard InChI is InChI=1S/C22H24FNO6/c1-27-15-7-9-19(28-2)16(12-15)18-5-4-10-24(18)21(25)13-30-22(26)14-6-8-20(29-3)17(23)11-14/h6-9,11-12,18H,4-5,10,13H2,1-3H3/t18-/m1/s1. The van der Waals surface area contributed by atoms with E-state index in [1.807, 2.05) is 6.07 Å². The molecule has 0 unspecified atom stereocenters. The zero-order valence-corrected chi connectivity index (χ0v) is 17.1. The van der Waals surface area contributed by atoms with Gasteiger partial charge < -0.3 is 23.8 Å². The van der Waals surface area contributed by atoms with Gasteiger partial charge in [0.1, 0.15) is 11.5 Å². The maximum Gasteiger partial charge on any atom is 0.338 e. The lowest BCUT2D eigenvalue weighted by Gasteiger charge is -2.26. The Balaban J connectivity index is 1.69. The number of benzene rings is 2. The topological polar surface area (TPSA) is 74.3 Å². The average molecular weight is 417 g/mol. The molecular weight excluding hydrogens is 393 g/mol. The molecule has 1 amide bonds. The molecule has 1 saturated heterocycles. The Morgan fingerprint density at radius 1 is 1.03 bits per heavy atom. The van der Waals surface area contributed by atoms with Crippen LogP contribution in [0.5, 0.6) is 17.2 Å². The molecule has 2 aromatic rings. The summed E-state index contributed by atoms with van der Waals surface area (Å²) in [5.41, 5.74) is 0.847. The van der Waals surface area contributed by atoms with Crippen molar-refractivity contribution in [2.24, 2.45) is 0 Å². The molecule has 0 N–H and O–H groups in total. The van der Waals surface area contributed by atoms with Crippen LogP contribution in [0.1, 0.15) is 34.8 Å². The van der Waals surface area contributed by atoms with Crippen LogP contribution < -0.4 is 14.2 Å². The maximum absolute atomic E-state index is 13.8. The second-order valence-corrected chi connectivity index (χ2v) is 6.78. The van der Waals surface area contributed by atoms with Gasteiger partial charge in [-0.25, -0.2) is 9.18 Å². The molecule has 1 aliphatic heterocycles. The van der Waals surface area contributed by atoms with E-state index in [0.29, 0.717) is 18.0 Å². The zero-order valence-electron chi connectivity index (χ0n) is 17.1. The monoisotopic (exact) mass is 417 g/mol. The summed E-state index contributed by atoms with van der Waals surface area (Å²) >= 11 is 0. The lowest BCUT2D eigenvalue weighted by molar-refractivity contribution is -0.135. The summed E-state index contributed by atoms with van der Waals surface area (Å²) in [6.45, 7) is 0.105. The van der Waals surface area contributed by atoms with E-state index >= 15 is 0 Å². The summed E-state index contributed by atoms with van der Waals surface area (Å²) in [6.07, 6.45) is 1.57. The number of carbonyl (C=O) groups excluding carboxylic acids is 2. The van der Waals surface area contributed by atoms with Gasteiger partial charge in [0.05, 0.1) is 32.9 Å². The van der Waals surface area contributed by atoms with E-state index < -0.39 is 18.4 Å². The van der Waals surface area contributed by atoms with Gasteiger partial charge in [-0.2, -0.15) is 0 Å². The Morgan fingerprint density at radius 2 is 1.77 bits per heavy atom. The Labute approximate surface area is 174 Å². The van der Waals surface area contributed by atoms with E-state index in [1.54, 1.807) is 31.3 Å². The minimum Gasteiger partial charge on any atom is -0.497 e. The van der Waals surface area contributed by atoms with Gasteiger partial charge in [0, 0.05) is 12.1 Å². The minimum absolute atomic E-state index is 0.00790. The van der Waals surface area contributed by atoms with Crippen LogP contribution in [0.15, 0.2) is 36.4 Å². The van der Waals surface area contributed by atoms with Crippen molar-refractivity contribution in [3.05, 3.63) is 53.3 Å². The highest BCUT2D eigenvalue weighted by Crippen LogP contribution is 2.38. The fraction of sp³-hybridized carbons (Fsp3) is 0.364. The molecule has 0 spiro atoms. The van der Waals surface area contributed by atoms with E-state index in [2.05, 4.69) is 0 Å². The van der Waals surface area contributed by atoms with Gasteiger partial charge in [-0.05, 0) is 49.2 Å². The van der Waals surface area contributed by atoms with E-state index in [9.17, 15) is 14.0 Å². The summed E-state index contributed by atoms with van der Waals surface area (Å²) in [5, 5.41) is 0. The highest BCUT2D eigenvalue weighted by atomic mass is 19.1. The van der Waals surface area contributed by atoms with Crippen molar-refractivity contribution in [2.45, 2.75) is 18.9 Å². The lowest BCUT2D eigenvalue weighted by Crippen LogP contribution is -2.34. The number of nitrogens with zero attached hydrogens (tertiary/aromatic N) is 1. The fourth-order valence-corrected chi connectivity index (χ4v) is 3.58. The summed E-state index contributed by atoms with van der Waals surface area (Å²) in [4.78, 5) is 26.6. The molecule has 1 fully saturated rings. The maximum atomic E-state index is 13.8. The number of hydrogen-bond donors (Lipinski definition) is 0. The van der Waals surface area contributed by atoms with Gasteiger partial charge in [0.2, 0.25) is 0 Å². The molecule has 160 valence electrons.